The van der Waals surface area contributed by atoms with Crippen LogP contribution in [0.5, 0.6) is 0 Å². The molecule has 33 heavy (non-hydrogen) atoms. The van der Waals surface area contributed by atoms with Gasteiger partial charge in [0.1, 0.15) is 22.9 Å². The quantitative estimate of drug-likeness (QED) is 0.161. The van der Waals surface area contributed by atoms with E-state index in [0.29, 0.717) is 29.5 Å². The fourth-order valence-corrected chi connectivity index (χ4v) is 3.44. The van der Waals surface area contributed by atoms with Gasteiger partial charge < -0.3 is 13.7 Å². The van der Waals surface area contributed by atoms with Crippen molar-refractivity contribution >= 4 is 23.3 Å². The zero-order valence-electron chi connectivity index (χ0n) is 17.9. The van der Waals surface area contributed by atoms with Crippen molar-refractivity contribution in [3.8, 4) is 11.3 Å². The summed E-state index contributed by atoms with van der Waals surface area (Å²) in [6.07, 6.45) is 4.95. The summed E-state index contributed by atoms with van der Waals surface area (Å²) in [5.41, 5.74) is 1.56. The molecule has 0 radical (unpaired) electrons. The van der Waals surface area contributed by atoms with Crippen LogP contribution in [-0.4, -0.2) is 27.1 Å². The topological polar surface area (TPSA) is 100 Å². The third-order valence-corrected chi connectivity index (χ3v) is 4.93. The number of aromatic nitrogens is 2. The van der Waals surface area contributed by atoms with Crippen LogP contribution in [-0.2, 0) is 16.1 Å². The number of ether oxygens (including phenoxy) is 1. The van der Waals surface area contributed by atoms with Crippen molar-refractivity contribution in [2.24, 2.45) is 0 Å². The summed E-state index contributed by atoms with van der Waals surface area (Å²) in [6.45, 7) is 2.45. The highest BCUT2D eigenvalue weighted by molar-refractivity contribution is 6.20. The largest absolute Gasteiger partial charge is 0.462 e. The summed E-state index contributed by atoms with van der Waals surface area (Å²) in [5, 5.41) is 11.4. The number of carbonyl (C=O) groups is 1. The molecule has 0 aliphatic rings. The summed E-state index contributed by atoms with van der Waals surface area (Å²) >= 11 is 0. The van der Waals surface area contributed by atoms with E-state index in [9.17, 15) is 14.9 Å². The maximum absolute atomic E-state index is 12.8. The number of nitro benzene ring substituents is 1. The van der Waals surface area contributed by atoms with Crippen LogP contribution in [0.15, 0.2) is 83.5 Å². The molecule has 0 saturated heterocycles. The van der Waals surface area contributed by atoms with E-state index in [1.165, 1.54) is 6.07 Å². The first-order valence-corrected chi connectivity index (χ1v) is 10.3. The van der Waals surface area contributed by atoms with Crippen molar-refractivity contribution in [3.63, 3.8) is 0 Å². The molecule has 0 unspecified atom stereocenters. The number of hydrogen-bond donors (Lipinski definition) is 0. The summed E-state index contributed by atoms with van der Waals surface area (Å²) in [6, 6.07) is 19.4. The molecule has 0 fully saturated rings. The number of hydrogen-bond acceptors (Lipinski definition) is 6. The number of imidazole rings is 1. The van der Waals surface area contributed by atoms with Crippen molar-refractivity contribution in [1.29, 1.82) is 0 Å². The average molecular weight is 443 g/mol. The number of carbonyl (C=O) groups excluding carboxylic acids is 1. The molecule has 0 aliphatic carbocycles. The molecule has 8 nitrogen and oxygen atoms in total. The Morgan fingerprint density at radius 1 is 1.12 bits per heavy atom. The van der Waals surface area contributed by atoms with Gasteiger partial charge in [0, 0.05) is 25.0 Å². The predicted octanol–water partition coefficient (Wildman–Crippen LogP) is 5.20. The second-order valence-electron chi connectivity index (χ2n) is 7.12. The summed E-state index contributed by atoms with van der Waals surface area (Å²) < 4.78 is 13.0. The molecule has 4 aromatic rings. The number of para-hydroxylation sites is 1. The molecular formula is C25H21N3O5. The highest BCUT2D eigenvalue weighted by Crippen LogP contribution is 2.32. The Morgan fingerprint density at radius 2 is 1.88 bits per heavy atom. The summed E-state index contributed by atoms with van der Waals surface area (Å²) in [4.78, 5) is 28.1. The van der Waals surface area contributed by atoms with Crippen molar-refractivity contribution in [1.82, 2.24) is 9.55 Å². The lowest BCUT2D eigenvalue weighted by atomic mass is 10.1. The van der Waals surface area contributed by atoms with E-state index in [0.717, 1.165) is 5.56 Å². The van der Waals surface area contributed by atoms with E-state index in [4.69, 9.17) is 9.15 Å². The smallest absolute Gasteiger partial charge is 0.342 e. The van der Waals surface area contributed by atoms with E-state index in [1.54, 1.807) is 55.7 Å². The first-order chi connectivity index (χ1) is 16.1. The standard InChI is InChI=1S/C25H21N3O5/c1-2-32-25(29)21(24-26-14-15-27(24)17-18-8-4-3-5-9-18)16-19-12-13-23(33-19)20-10-6-7-11-22(20)28(30)31/h3-16H,2,17H2,1H3. The third-order valence-electron chi connectivity index (χ3n) is 4.93. The van der Waals surface area contributed by atoms with Gasteiger partial charge in [-0.3, -0.25) is 10.1 Å². The van der Waals surface area contributed by atoms with Crippen LogP contribution in [0.3, 0.4) is 0 Å². The molecule has 2 aromatic heterocycles. The Kier molecular flexibility index (Phi) is 6.45. The van der Waals surface area contributed by atoms with Gasteiger partial charge in [-0.1, -0.05) is 42.5 Å². The number of nitro groups is 1. The maximum atomic E-state index is 12.8. The highest BCUT2D eigenvalue weighted by atomic mass is 16.6. The van der Waals surface area contributed by atoms with Crippen molar-refractivity contribution in [2.45, 2.75) is 13.5 Å². The van der Waals surface area contributed by atoms with Gasteiger partial charge in [0.05, 0.1) is 17.1 Å². The van der Waals surface area contributed by atoms with Crippen molar-refractivity contribution in [2.75, 3.05) is 6.61 Å². The zero-order chi connectivity index (χ0) is 23.2. The monoisotopic (exact) mass is 443 g/mol. The molecule has 0 atom stereocenters. The fourth-order valence-electron chi connectivity index (χ4n) is 3.44. The molecular weight excluding hydrogens is 422 g/mol. The first-order valence-electron chi connectivity index (χ1n) is 10.3. The Balaban J connectivity index is 1.72. The zero-order valence-corrected chi connectivity index (χ0v) is 17.9. The molecule has 0 saturated carbocycles. The Morgan fingerprint density at radius 3 is 2.64 bits per heavy atom. The molecule has 2 aromatic carbocycles. The minimum Gasteiger partial charge on any atom is -0.462 e. The van der Waals surface area contributed by atoms with E-state index in [1.807, 2.05) is 34.9 Å². The number of benzene rings is 2. The van der Waals surface area contributed by atoms with Crippen LogP contribution >= 0.6 is 0 Å². The molecule has 0 bridgehead atoms. The van der Waals surface area contributed by atoms with Crippen LogP contribution in [0.1, 0.15) is 24.1 Å². The van der Waals surface area contributed by atoms with E-state index >= 15 is 0 Å². The second kappa shape index (κ2) is 9.78. The van der Waals surface area contributed by atoms with Crippen molar-refractivity contribution in [3.05, 3.63) is 106 Å². The normalized spacial score (nSPS) is 11.4. The predicted molar refractivity (Wildman–Crippen MR) is 123 cm³/mol. The van der Waals surface area contributed by atoms with Gasteiger partial charge in [0.2, 0.25) is 0 Å². The third kappa shape index (κ3) is 4.90. The average Bonchev–Trinajstić information content (AvgIpc) is 3.48. The van der Waals surface area contributed by atoms with Gasteiger partial charge in [-0.2, -0.15) is 0 Å². The van der Waals surface area contributed by atoms with Crippen molar-refractivity contribution < 1.29 is 18.9 Å². The van der Waals surface area contributed by atoms with E-state index in [2.05, 4.69) is 4.98 Å². The van der Waals surface area contributed by atoms with Crippen LogP contribution < -0.4 is 0 Å². The van der Waals surface area contributed by atoms with Gasteiger partial charge in [0.15, 0.2) is 0 Å². The molecule has 0 spiro atoms. The SMILES string of the molecule is CCOC(=O)C(=Cc1ccc(-c2ccccc2[N+](=O)[O-])o1)c1nccn1Cc1ccccc1. The fraction of sp³-hybridized carbons (Fsp3) is 0.120. The van der Waals surface area contributed by atoms with Crippen LogP contribution in [0.2, 0.25) is 0 Å². The van der Waals surface area contributed by atoms with Gasteiger partial charge in [-0.15, -0.1) is 0 Å². The highest BCUT2D eigenvalue weighted by Gasteiger charge is 2.21. The first kappa shape index (κ1) is 21.8. The molecule has 4 rings (SSSR count). The van der Waals surface area contributed by atoms with Crippen LogP contribution in [0.4, 0.5) is 5.69 Å². The van der Waals surface area contributed by atoms with Gasteiger partial charge in [-0.25, -0.2) is 9.78 Å². The molecule has 2 heterocycles. The number of furan rings is 1. The maximum Gasteiger partial charge on any atom is 0.342 e. The molecule has 8 heteroatoms. The molecule has 0 N–H and O–H groups in total. The van der Waals surface area contributed by atoms with E-state index in [-0.39, 0.29) is 17.9 Å². The second-order valence-corrected chi connectivity index (χ2v) is 7.12. The lowest BCUT2D eigenvalue weighted by Crippen LogP contribution is -2.12. The number of nitrogens with zero attached hydrogens (tertiary/aromatic N) is 3. The molecule has 166 valence electrons. The number of esters is 1. The minimum absolute atomic E-state index is 0.0635. The van der Waals surface area contributed by atoms with Crippen LogP contribution in [0, 0.1) is 10.1 Å². The van der Waals surface area contributed by atoms with Gasteiger partial charge >= 0.3 is 5.97 Å². The Hall–Kier alpha value is -4.46. The van der Waals surface area contributed by atoms with E-state index < -0.39 is 10.9 Å². The molecule has 0 amide bonds. The van der Waals surface area contributed by atoms with Crippen LogP contribution in [0.25, 0.3) is 23.0 Å². The summed E-state index contributed by atoms with van der Waals surface area (Å²) in [7, 11) is 0. The number of rotatable bonds is 8. The lowest BCUT2D eigenvalue weighted by Gasteiger charge is -2.10. The summed E-state index contributed by atoms with van der Waals surface area (Å²) in [5.74, 6) is 0.562. The van der Waals surface area contributed by atoms with Gasteiger partial charge in [0.25, 0.3) is 5.69 Å². The Bertz CT molecular complexity index is 1300. The Labute approximate surface area is 189 Å². The minimum atomic E-state index is -0.540. The molecule has 0 aliphatic heterocycles. The lowest BCUT2D eigenvalue weighted by molar-refractivity contribution is -0.384. The van der Waals surface area contributed by atoms with Gasteiger partial charge in [-0.05, 0) is 36.8 Å².